The van der Waals surface area contributed by atoms with Gasteiger partial charge in [0, 0.05) is 0 Å². The molecule has 0 heterocycles. The van der Waals surface area contributed by atoms with E-state index in [4.69, 9.17) is 0 Å². The summed E-state index contributed by atoms with van der Waals surface area (Å²) >= 11 is 0. The Labute approximate surface area is 70.7 Å². The standard InChI is InChI=1S/C6H6F4O3/c1-2-13-4(12)6(9,10)5(7,8)3-11/h3H,2H2,1H3. The van der Waals surface area contributed by atoms with E-state index in [1.165, 1.54) is 6.92 Å². The SMILES string of the molecule is CCOC(=O)C(F)(F)C(F)(F)C=O. The molecule has 0 aromatic carbocycles. The zero-order chi connectivity index (χ0) is 10.7. The van der Waals surface area contributed by atoms with Crippen LogP contribution in [-0.2, 0) is 14.3 Å². The molecule has 0 spiro atoms. The van der Waals surface area contributed by atoms with Crippen LogP contribution in [0.1, 0.15) is 6.92 Å². The summed E-state index contributed by atoms with van der Waals surface area (Å²) in [6.07, 6.45) is -1.29. The predicted molar refractivity (Wildman–Crippen MR) is 32.6 cm³/mol. The Morgan fingerprint density at radius 2 is 1.85 bits per heavy atom. The first kappa shape index (κ1) is 11.9. The predicted octanol–water partition coefficient (Wildman–Crippen LogP) is 1.02. The van der Waals surface area contributed by atoms with Crippen molar-refractivity contribution in [3.8, 4) is 0 Å². The van der Waals surface area contributed by atoms with Gasteiger partial charge in [-0.3, -0.25) is 4.79 Å². The number of halogens is 4. The molecule has 13 heavy (non-hydrogen) atoms. The van der Waals surface area contributed by atoms with Gasteiger partial charge < -0.3 is 4.74 Å². The average molecular weight is 202 g/mol. The number of aldehydes is 1. The topological polar surface area (TPSA) is 43.4 Å². The van der Waals surface area contributed by atoms with Crippen molar-refractivity contribution in [2.24, 2.45) is 0 Å². The summed E-state index contributed by atoms with van der Waals surface area (Å²) in [4.78, 5) is 19.8. The highest BCUT2D eigenvalue weighted by Gasteiger charge is 2.63. The third kappa shape index (κ3) is 2.16. The van der Waals surface area contributed by atoms with Crippen LogP contribution in [0.2, 0.25) is 0 Å². The molecule has 0 aliphatic carbocycles. The molecule has 0 aromatic rings. The van der Waals surface area contributed by atoms with Gasteiger partial charge in [0.15, 0.2) is 6.29 Å². The summed E-state index contributed by atoms with van der Waals surface area (Å²) in [5.74, 6) is -12.5. The van der Waals surface area contributed by atoms with Crippen molar-refractivity contribution >= 4 is 12.3 Å². The maximum Gasteiger partial charge on any atom is 0.411 e. The number of hydrogen-bond donors (Lipinski definition) is 0. The van der Waals surface area contributed by atoms with Crippen molar-refractivity contribution in [1.29, 1.82) is 0 Å². The van der Waals surface area contributed by atoms with Crippen molar-refractivity contribution in [3.05, 3.63) is 0 Å². The van der Waals surface area contributed by atoms with Crippen LogP contribution in [0, 0.1) is 0 Å². The number of ether oxygens (including phenoxy) is 1. The zero-order valence-corrected chi connectivity index (χ0v) is 6.52. The summed E-state index contributed by atoms with van der Waals surface area (Å²) in [6, 6.07) is 0. The molecule has 0 aromatic heterocycles. The van der Waals surface area contributed by atoms with E-state index in [0.717, 1.165) is 0 Å². The Bertz CT molecular complexity index is 214. The number of alkyl halides is 4. The maximum atomic E-state index is 12.3. The molecule has 3 nitrogen and oxygen atoms in total. The number of hydrogen-bond acceptors (Lipinski definition) is 3. The molecule has 7 heteroatoms. The molecular formula is C6H6F4O3. The first-order chi connectivity index (χ1) is 5.79. The quantitative estimate of drug-likeness (QED) is 0.388. The molecule has 0 saturated carbocycles. The first-order valence-corrected chi connectivity index (χ1v) is 3.18. The van der Waals surface area contributed by atoms with Gasteiger partial charge in [-0.25, -0.2) is 4.79 Å². The molecule has 0 aliphatic heterocycles. The van der Waals surface area contributed by atoms with Crippen molar-refractivity contribution in [1.82, 2.24) is 0 Å². The van der Waals surface area contributed by atoms with Crippen LogP contribution >= 0.6 is 0 Å². The lowest BCUT2D eigenvalue weighted by Gasteiger charge is -2.19. The van der Waals surface area contributed by atoms with Crippen LogP contribution in [0.15, 0.2) is 0 Å². The molecule has 0 amide bonds. The minimum atomic E-state index is -5.11. The van der Waals surface area contributed by atoms with E-state index in [9.17, 15) is 27.2 Å². The summed E-state index contributed by atoms with van der Waals surface area (Å²) in [7, 11) is 0. The number of rotatable bonds is 4. The third-order valence-electron chi connectivity index (χ3n) is 1.10. The summed E-state index contributed by atoms with van der Waals surface area (Å²) in [5.41, 5.74) is 0. The molecule has 0 N–H and O–H groups in total. The van der Waals surface area contributed by atoms with Gasteiger partial charge in [-0.2, -0.15) is 17.6 Å². The second-order valence-electron chi connectivity index (χ2n) is 2.04. The average Bonchev–Trinajstić information content (AvgIpc) is 2.04. The molecule has 76 valence electrons. The third-order valence-corrected chi connectivity index (χ3v) is 1.10. The monoisotopic (exact) mass is 202 g/mol. The molecule has 0 rings (SSSR count). The van der Waals surface area contributed by atoms with Crippen LogP contribution in [0.4, 0.5) is 17.6 Å². The Morgan fingerprint density at radius 1 is 1.38 bits per heavy atom. The van der Waals surface area contributed by atoms with Gasteiger partial charge in [0.05, 0.1) is 6.61 Å². The van der Waals surface area contributed by atoms with Crippen molar-refractivity contribution in [2.45, 2.75) is 18.8 Å². The lowest BCUT2D eigenvalue weighted by atomic mass is 10.2. The fourth-order valence-corrected chi connectivity index (χ4v) is 0.432. The minimum Gasteiger partial charge on any atom is -0.461 e. The molecule has 0 aliphatic rings. The van der Waals surface area contributed by atoms with Gasteiger partial charge in [0.1, 0.15) is 0 Å². The molecule has 0 saturated heterocycles. The number of carbonyl (C=O) groups excluding carboxylic acids is 2. The van der Waals surface area contributed by atoms with Crippen molar-refractivity contribution < 1.29 is 31.9 Å². The number of esters is 1. The maximum absolute atomic E-state index is 12.3. The van der Waals surface area contributed by atoms with E-state index in [0.29, 0.717) is 0 Å². The molecular weight excluding hydrogens is 196 g/mol. The van der Waals surface area contributed by atoms with E-state index >= 15 is 0 Å². The van der Waals surface area contributed by atoms with Crippen LogP contribution in [0.3, 0.4) is 0 Å². The second kappa shape index (κ2) is 3.71. The second-order valence-corrected chi connectivity index (χ2v) is 2.04. The largest absolute Gasteiger partial charge is 0.461 e. The van der Waals surface area contributed by atoms with Crippen LogP contribution in [0.5, 0.6) is 0 Å². The summed E-state index contributed by atoms with van der Waals surface area (Å²) in [6.45, 7) is 0.705. The lowest BCUT2D eigenvalue weighted by molar-refractivity contribution is -0.219. The molecule has 0 fully saturated rings. The van der Waals surface area contributed by atoms with E-state index in [1.54, 1.807) is 0 Å². The van der Waals surface area contributed by atoms with E-state index in [1.807, 2.05) is 0 Å². The number of carbonyl (C=O) groups is 2. The minimum absolute atomic E-state index is 0.469. The fourth-order valence-electron chi connectivity index (χ4n) is 0.432. The highest BCUT2D eigenvalue weighted by Crippen LogP contribution is 2.33. The Hall–Kier alpha value is -1.14. The lowest BCUT2D eigenvalue weighted by Crippen LogP contribution is -2.49. The van der Waals surface area contributed by atoms with Gasteiger partial charge in [-0.05, 0) is 6.92 Å². The summed E-state index contributed by atoms with van der Waals surface area (Å²) < 4.78 is 52.5. The van der Waals surface area contributed by atoms with Crippen LogP contribution < -0.4 is 0 Å². The molecule has 0 atom stereocenters. The van der Waals surface area contributed by atoms with E-state index in [2.05, 4.69) is 4.74 Å². The van der Waals surface area contributed by atoms with Crippen molar-refractivity contribution in [3.63, 3.8) is 0 Å². The molecule has 0 unspecified atom stereocenters. The smallest absolute Gasteiger partial charge is 0.411 e. The Balaban J connectivity index is 4.74. The Morgan fingerprint density at radius 3 is 2.15 bits per heavy atom. The molecule has 0 radical (unpaired) electrons. The van der Waals surface area contributed by atoms with Gasteiger partial charge in [0.25, 0.3) is 0 Å². The van der Waals surface area contributed by atoms with Crippen LogP contribution in [-0.4, -0.2) is 30.7 Å². The normalized spacial score (nSPS) is 12.4. The van der Waals surface area contributed by atoms with Crippen molar-refractivity contribution in [2.75, 3.05) is 6.61 Å². The fraction of sp³-hybridized carbons (Fsp3) is 0.667. The van der Waals surface area contributed by atoms with Gasteiger partial charge in [0.2, 0.25) is 0 Å². The Kier molecular flexibility index (Phi) is 3.39. The highest BCUT2D eigenvalue weighted by atomic mass is 19.3. The summed E-state index contributed by atoms with van der Waals surface area (Å²) in [5, 5.41) is 0. The van der Waals surface area contributed by atoms with Crippen LogP contribution in [0.25, 0.3) is 0 Å². The van der Waals surface area contributed by atoms with Gasteiger partial charge in [-0.1, -0.05) is 0 Å². The zero-order valence-electron chi connectivity index (χ0n) is 6.52. The van der Waals surface area contributed by atoms with E-state index in [-0.39, 0.29) is 0 Å². The highest BCUT2D eigenvalue weighted by molar-refractivity contribution is 5.84. The first-order valence-electron chi connectivity index (χ1n) is 3.18. The van der Waals surface area contributed by atoms with Gasteiger partial charge >= 0.3 is 17.8 Å². The molecule has 0 bridgehead atoms. The van der Waals surface area contributed by atoms with Gasteiger partial charge in [-0.15, -0.1) is 0 Å². The van der Waals surface area contributed by atoms with E-state index < -0.39 is 30.7 Å².